The molecule has 3 nitrogen and oxygen atoms in total. The summed E-state index contributed by atoms with van der Waals surface area (Å²) in [6.07, 6.45) is 3.04. The van der Waals surface area contributed by atoms with Gasteiger partial charge < -0.3 is 9.47 Å². The highest BCUT2D eigenvalue weighted by Gasteiger charge is 2.32. The van der Waals surface area contributed by atoms with Crippen LogP contribution in [0.25, 0.3) is 0 Å². The van der Waals surface area contributed by atoms with Crippen molar-refractivity contribution in [2.24, 2.45) is 17.8 Å². The van der Waals surface area contributed by atoms with Crippen LogP contribution in [0.5, 0.6) is 11.5 Å². The van der Waals surface area contributed by atoms with Gasteiger partial charge in [-0.05, 0) is 43.2 Å². The molecular formula is C17H24O3. The smallest absolute Gasteiger partial charge is 0.173 e. The summed E-state index contributed by atoms with van der Waals surface area (Å²) in [4.78, 5) is 12.9. The van der Waals surface area contributed by atoms with E-state index in [0.717, 1.165) is 19.3 Å². The van der Waals surface area contributed by atoms with E-state index in [1.165, 1.54) is 0 Å². The third-order valence-electron chi connectivity index (χ3n) is 4.64. The minimum atomic E-state index is 0.0893. The van der Waals surface area contributed by atoms with Crippen LogP contribution in [0.1, 0.15) is 43.5 Å². The first-order chi connectivity index (χ1) is 9.58. The van der Waals surface area contributed by atoms with Crippen molar-refractivity contribution < 1.29 is 14.3 Å². The summed E-state index contributed by atoms with van der Waals surface area (Å²) in [5.74, 6) is 2.78. The average molecular weight is 276 g/mol. The summed E-state index contributed by atoms with van der Waals surface area (Å²) in [6.45, 7) is 4.51. The zero-order valence-corrected chi connectivity index (χ0v) is 12.8. The Kier molecular flexibility index (Phi) is 4.69. The maximum absolute atomic E-state index is 12.9. The fraction of sp³-hybridized carbons (Fsp3) is 0.588. The molecule has 0 amide bonds. The zero-order valence-electron chi connectivity index (χ0n) is 12.8. The molecule has 3 unspecified atom stereocenters. The molecule has 3 heteroatoms. The Bertz CT molecular complexity index is 459. The SMILES string of the molecule is COc1cccc(OC)c1C(=O)C1CCC(C)C(C)C1. The molecule has 1 aliphatic carbocycles. The second-order valence-electron chi connectivity index (χ2n) is 5.87. The van der Waals surface area contributed by atoms with Crippen LogP contribution in [0, 0.1) is 17.8 Å². The van der Waals surface area contributed by atoms with Gasteiger partial charge in [0.25, 0.3) is 0 Å². The maximum atomic E-state index is 12.9. The predicted octanol–water partition coefficient (Wildman–Crippen LogP) is 3.96. The molecule has 1 aromatic rings. The molecule has 2 rings (SSSR count). The molecule has 1 saturated carbocycles. The van der Waals surface area contributed by atoms with E-state index in [1.807, 2.05) is 18.2 Å². The first-order valence-electron chi connectivity index (χ1n) is 7.33. The van der Waals surface area contributed by atoms with E-state index in [-0.39, 0.29) is 11.7 Å². The quantitative estimate of drug-likeness (QED) is 0.781. The molecule has 0 aromatic heterocycles. The van der Waals surface area contributed by atoms with Gasteiger partial charge in [0.2, 0.25) is 0 Å². The fourth-order valence-electron chi connectivity index (χ4n) is 3.08. The molecule has 20 heavy (non-hydrogen) atoms. The van der Waals surface area contributed by atoms with Gasteiger partial charge in [-0.25, -0.2) is 0 Å². The van der Waals surface area contributed by atoms with Crippen molar-refractivity contribution in [2.75, 3.05) is 14.2 Å². The molecule has 1 aliphatic rings. The highest BCUT2D eigenvalue weighted by molar-refractivity contribution is 6.02. The minimum absolute atomic E-state index is 0.0893. The van der Waals surface area contributed by atoms with Crippen LogP contribution >= 0.6 is 0 Å². The number of hydrogen-bond acceptors (Lipinski definition) is 3. The van der Waals surface area contributed by atoms with Gasteiger partial charge in [0.05, 0.1) is 14.2 Å². The van der Waals surface area contributed by atoms with Gasteiger partial charge in [0.1, 0.15) is 17.1 Å². The number of carbonyl (C=O) groups excluding carboxylic acids is 1. The summed E-state index contributed by atoms with van der Waals surface area (Å²) < 4.78 is 10.7. The van der Waals surface area contributed by atoms with Gasteiger partial charge in [-0.3, -0.25) is 4.79 Å². The highest BCUT2D eigenvalue weighted by Crippen LogP contribution is 2.38. The number of methoxy groups -OCH3 is 2. The third-order valence-corrected chi connectivity index (χ3v) is 4.64. The second-order valence-corrected chi connectivity index (χ2v) is 5.87. The number of carbonyl (C=O) groups is 1. The van der Waals surface area contributed by atoms with E-state index in [4.69, 9.17) is 9.47 Å². The van der Waals surface area contributed by atoms with E-state index in [1.54, 1.807) is 14.2 Å². The third kappa shape index (κ3) is 2.82. The molecule has 3 atom stereocenters. The topological polar surface area (TPSA) is 35.5 Å². The van der Waals surface area contributed by atoms with Crippen molar-refractivity contribution in [3.05, 3.63) is 23.8 Å². The number of Topliss-reactive ketones (excluding diaryl/α,β-unsaturated/α-hetero) is 1. The van der Waals surface area contributed by atoms with E-state index >= 15 is 0 Å². The molecule has 0 N–H and O–H groups in total. The number of benzene rings is 1. The average Bonchev–Trinajstić information content (AvgIpc) is 2.48. The summed E-state index contributed by atoms with van der Waals surface area (Å²) in [7, 11) is 3.19. The zero-order chi connectivity index (χ0) is 14.7. The van der Waals surface area contributed by atoms with E-state index in [0.29, 0.717) is 28.9 Å². The molecule has 1 aromatic carbocycles. The van der Waals surface area contributed by atoms with Crippen LogP contribution in [-0.4, -0.2) is 20.0 Å². The van der Waals surface area contributed by atoms with Crippen molar-refractivity contribution >= 4 is 5.78 Å². The second kappa shape index (κ2) is 6.29. The van der Waals surface area contributed by atoms with Crippen LogP contribution in [0.3, 0.4) is 0 Å². The first kappa shape index (κ1) is 14.9. The fourth-order valence-corrected chi connectivity index (χ4v) is 3.08. The monoisotopic (exact) mass is 276 g/mol. The molecular weight excluding hydrogens is 252 g/mol. The summed E-state index contributed by atoms with van der Waals surface area (Å²) >= 11 is 0. The Labute approximate surface area is 121 Å². The van der Waals surface area contributed by atoms with Gasteiger partial charge in [-0.1, -0.05) is 19.9 Å². The Morgan fingerprint density at radius 3 is 2.15 bits per heavy atom. The van der Waals surface area contributed by atoms with Crippen molar-refractivity contribution in [2.45, 2.75) is 33.1 Å². The summed E-state index contributed by atoms with van der Waals surface area (Å²) in [5.41, 5.74) is 0.601. The number of hydrogen-bond donors (Lipinski definition) is 0. The largest absolute Gasteiger partial charge is 0.496 e. The predicted molar refractivity (Wildman–Crippen MR) is 79.5 cm³/mol. The van der Waals surface area contributed by atoms with Gasteiger partial charge in [-0.15, -0.1) is 0 Å². The van der Waals surface area contributed by atoms with Crippen LogP contribution < -0.4 is 9.47 Å². The molecule has 0 heterocycles. The molecule has 0 aliphatic heterocycles. The molecule has 0 spiro atoms. The van der Waals surface area contributed by atoms with Gasteiger partial charge in [0.15, 0.2) is 5.78 Å². The maximum Gasteiger partial charge on any atom is 0.173 e. The Balaban J connectivity index is 2.29. The van der Waals surface area contributed by atoms with E-state index in [2.05, 4.69) is 13.8 Å². The molecule has 1 fully saturated rings. The van der Waals surface area contributed by atoms with Crippen molar-refractivity contribution in [1.82, 2.24) is 0 Å². The minimum Gasteiger partial charge on any atom is -0.496 e. The van der Waals surface area contributed by atoms with Gasteiger partial charge in [-0.2, -0.15) is 0 Å². The van der Waals surface area contributed by atoms with Crippen molar-refractivity contribution in [3.63, 3.8) is 0 Å². The van der Waals surface area contributed by atoms with Crippen LogP contribution in [0.4, 0.5) is 0 Å². The normalized spacial score (nSPS) is 26.1. The lowest BCUT2D eigenvalue weighted by Crippen LogP contribution is -2.27. The van der Waals surface area contributed by atoms with Crippen LogP contribution in [0.2, 0.25) is 0 Å². The first-order valence-corrected chi connectivity index (χ1v) is 7.33. The van der Waals surface area contributed by atoms with Crippen molar-refractivity contribution in [1.29, 1.82) is 0 Å². The van der Waals surface area contributed by atoms with Crippen molar-refractivity contribution in [3.8, 4) is 11.5 Å². The Morgan fingerprint density at radius 1 is 1.05 bits per heavy atom. The lowest BCUT2D eigenvalue weighted by atomic mass is 9.73. The lowest BCUT2D eigenvalue weighted by Gasteiger charge is -2.31. The lowest BCUT2D eigenvalue weighted by molar-refractivity contribution is 0.0831. The number of ether oxygens (including phenoxy) is 2. The van der Waals surface area contributed by atoms with Gasteiger partial charge >= 0.3 is 0 Å². The molecule has 0 saturated heterocycles. The molecule has 0 radical (unpaired) electrons. The molecule has 0 bridgehead atoms. The number of ketones is 1. The van der Waals surface area contributed by atoms with Gasteiger partial charge in [0, 0.05) is 5.92 Å². The van der Waals surface area contributed by atoms with Crippen LogP contribution in [-0.2, 0) is 0 Å². The molecule has 110 valence electrons. The van der Waals surface area contributed by atoms with E-state index in [9.17, 15) is 4.79 Å². The van der Waals surface area contributed by atoms with Crippen LogP contribution in [0.15, 0.2) is 18.2 Å². The highest BCUT2D eigenvalue weighted by atomic mass is 16.5. The Hall–Kier alpha value is -1.51. The summed E-state index contributed by atoms with van der Waals surface area (Å²) in [6, 6.07) is 5.50. The van der Waals surface area contributed by atoms with E-state index < -0.39 is 0 Å². The number of rotatable bonds is 4. The standard InChI is InChI=1S/C17H24O3/c1-11-8-9-13(10-12(11)2)17(18)16-14(19-3)6-5-7-15(16)20-4/h5-7,11-13H,8-10H2,1-4H3. The Morgan fingerprint density at radius 2 is 1.65 bits per heavy atom. The summed E-state index contributed by atoms with van der Waals surface area (Å²) in [5, 5.41) is 0.